The van der Waals surface area contributed by atoms with E-state index in [1.54, 1.807) is 24.3 Å². The number of aromatic nitrogens is 1. The number of hydrogen-bond donors (Lipinski definition) is 1. The molecule has 1 aliphatic rings. The number of pyridine rings is 1. The summed E-state index contributed by atoms with van der Waals surface area (Å²) in [5.41, 5.74) is 2.78. The van der Waals surface area contributed by atoms with E-state index in [0.29, 0.717) is 17.0 Å². The van der Waals surface area contributed by atoms with Gasteiger partial charge in [-0.3, -0.25) is 4.79 Å². The maximum atomic E-state index is 12.4. The van der Waals surface area contributed by atoms with Crippen LogP contribution in [0, 0.1) is 0 Å². The van der Waals surface area contributed by atoms with E-state index in [0.717, 1.165) is 33.7 Å². The van der Waals surface area contributed by atoms with E-state index in [4.69, 9.17) is 19.2 Å². The van der Waals surface area contributed by atoms with Gasteiger partial charge in [0.2, 0.25) is 12.7 Å². The number of aryl methyl sites for hydroxylation is 1. The molecule has 0 unspecified atom stereocenters. The predicted molar refractivity (Wildman–Crippen MR) is 114 cm³/mol. The van der Waals surface area contributed by atoms with Gasteiger partial charge < -0.3 is 19.5 Å². The van der Waals surface area contributed by atoms with Gasteiger partial charge in [0.05, 0.1) is 23.9 Å². The second-order valence-corrected chi connectivity index (χ2v) is 7.58. The highest BCUT2D eigenvalue weighted by Gasteiger charge is 2.17. The lowest BCUT2D eigenvalue weighted by atomic mass is 10.1. The molecule has 0 saturated heterocycles. The van der Waals surface area contributed by atoms with E-state index in [1.165, 1.54) is 18.9 Å². The average Bonchev–Trinajstić information content (AvgIpc) is 3.22. The van der Waals surface area contributed by atoms with Crippen molar-refractivity contribution in [2.45, 2.75) is 18.4 Å². The van der Waals surface area contributed by atoms with E-state index in [2.05, 4.69) is 18.3 Å². The maximum Gasteiger partial charge on any atom is 0.337 e. The van der Waals surface area contributed by atoms with Crippen LogP contribution < -0.4 is 14.8 Å². The summed E-state index contributed by atoms with van der Waals surface area (Å²) >= 11 is 1.38. The van der Waals surface area contributed by atoms with Crippen molar-refractivity contribution in [3.8, 4) is 11.5 Å². The summed E-state index contributed by atoms with van der Waals surface area (Å²) in [7, 11) is 1.32. The molecule has 0 aliphatic carbocycles. The van der Waals surface area contributed by atoms with E-state index in [9.17, 15) is 9.59 Å². The summed E-state index contributed by atoms with van der Waals surface area (Å²) in [5.74, 6) is 0.961. The van der Waals surface area contributed by atoms with Gasteiger partial charge in [-0.05, 0) is 42.3 Å². The SMILES string of the molecule is CCc1cc2cc3c(cc2nc1SCC(=O)Nc1cccc(C(=O)OC)c1)OCO3. The van der Waals surface area contributed by atoms with Crippen LogP contribution in [-0.4, -0.2) is 36.5 Å². The minimum Gasteiger partial charge on any atom is -0.465 e. The van der Waals surface area contributed by atoms with Gasteiger partial charge in [0.1, 0.15) is 5.03 Å². The third kappa shape index (κ3) is 4.18. The first-order chi connectivity index (χ1) is 14.6. The summed E-state index contributed by atoms with van der Waals surface area (Å²) in [6.45, 7) is 2.27. The molecule has 2 heterocycles. The number of methoxy groups -OCH3 is 1. The van der Waals surface area contributed by atoms with Crippen LogP contribution in [0.1, 0.15) is 22.8 Å². The number of thioether (sulfide) groups is 1. The zero-order chi connectivity index (χ0) is 21.1. The number of ether oxygens (including phenoxy) is 3. The first kappa shape index (κ1) is 20.0. The molecule has 0 spiro atoms. The van der Waals surface area contributed by atoms with Gasteiger partial charge in [-0.25, -0.2) is 9.78 Å². The highest BCUT2D eigenvalue weighted by Crippen LogP contribution is 2.37. The number of hydrogen-bond acceptors (Lipinski definition) is 7. The average molecular weight is 424 g/mol. The first-order valence-electron chi connectivity index (χ1n) is 9.41. The number of carbonyl (C=O) groups excluding carboxylic acids is 2. The second kappa shape index (κ2) is 8.62. The van der Waals surface area contributed by atoms with Crippen molar-refractivity contribution in [3.63, 3.8) is 0 Å². The Labute approximate surface area is 177 Å². The van der Waals surface area contributed by atoms with Crippen LogP contribution in [-0.2, 0) is 16.0 Å². The van der Waals surface area contributed by atoms with E-state index in [-0.39, 0.29) is 18.5 Å². The molecule has 4 rings (SSSR count). The Morgan fingerprint density at radius 3 is 2.73 bits per heavy atom. The minimum absolute atomic E-state index is 0.184. The maximum absolute atomic E-state index is 12.4. The summed E-state index contributed by atoms with van der Waals surface area (Å²) in [4.78, 5) is 28.8. The van der Waals surface area contributed by atoms with E-state index in [1.807, 2.05) is 12.1 Å². The van der Waals surface area contributed by atoms with Crippen LogP contribution in [0.25, 0.3) is 10.9 Å². The van der Waals surface area contributed by atoms with Crippen LogP contribution in [0.5, 0.6) is 11.5 Å². The van der Waals surface area contributed by atoms with Crippen LogP contribution in [0.4, 0.5) is 5.69 Å². The lowest BCUT2D eigenvalue weighted by Gasteiger charge is -2.10. The van der Waals surface area contributed by atoms with Gasteiger partial charge in [0.15, 0.2) is 11.5 Å². The Hall–Kier alpha value is -3.26. The monoisotopic (exact) mass is 424 g/mol. The zero-order valence-electron chi connectivity index (χ0n) is 16.6. The fourth-order valence-electron chi connectivity index (χ4n) is 3.14. The van der Waals surface area contributed by atoms with Gasteiger partial charge >= 0.3 is 5.97 Å². The molecule has 1 N–H and O–H groups in total. The lowest BCUT2D eigenvalue weighted by molar-refractivity contribution is -0.113. The number of carbonyl (C=O) groups is 2. The molecule has 1 aromatic heterocycles. The Balaban J connectivity index is 1.48. The van der Waals surface area contributed by atoms with Gasteiger partial charge in [0.25, 0.3) is 0 Å². The number of fused-ring (bicyclic) bond motifs is 2. The van der Waals surface area contributed by atoms with Crippen molar-refractivity contribution in [3.05, 3.63) is 53.6 Å². The first-order valence-corrected chi connectivity index (χ1v) is 10.4. The number of esters is 1. The Bertz CT molecular complexity index is 1130. The number of amides is 1. The highest BCUT2D eigenvalue weighted by atomic mass is 32.2. The highest BCUT2D eigenvalue weighted by molar-refractivity contribution is 8.00. The molecule has 2 aromatic carbocycles. The zero-order valence-corrected chi connectivity index (χ0v) is 17.4. The Morgan fingerprint density at radius 1 is 1.17 bits per heavy atom. The van der Waals surface area contributed by atoms with Crippen LogP contribution in [0.2, 0.25) is 0 Å². The van der Waals surface area contributed by atoms with Crippen molar-refractivity contribution in [1.29, 1.82) is 0 Å². The van der Waals surface area contributed by atoms with Gasteiger partial charge in [-0.15, -0.1) is 0 Å². The van der Waals surface area contributed by atoms with Crippen LogP contribution in [0.3, 0.4) is 0 Å². The molecule has 8 heteroatoms. The van der Waals surface area contributed by atoms with Crippen LogP contribution in [0.15, 0.2) is 47.5 Å². The minimum atomic E-state index is -0.450. The van der Waals surface area contributed by atoms with Crippen LogP contribution >= 0.6 is 11.8 Å². The van der Waals surface area contributed by atoms with Crippen molar-refractivity contribution >= 4 is 40.2 Å². The smallest absolute Gasteiger partial charge is 0.337 e. The molecule has 30 heavy (non-hydrogen) atoms. The number of benzene rings is 2. The summed E-state index contributed by atoms with van der Waals surface area (Å²) in [6.07, 6.45) is 0.794. The predicted octanol–water partition coefficient (Wildman–Crippen LogP) is 4.04. The van der Waals surface area contributed by atoms with E-state index >= 15 is 0 Å². The van der Waals surface area contributed by atoms with Gasteiger partial charge in [0, 0.05) is 17.1 Å². The molecule has 154 valence electrons. The molecule has 1 amide bonds. The quantitative estimate of drug-likeness (QED) is 0.472. The lowest BCUT2D eigenvalue weighted by Crippen LogP contribution is -2.15. The number of anilines is 1. The molecule has 0 bridgehead atoms. The second-order valence-electron chi connectivity index (χ2n) is 6.61. The van der Waals surface area contributed by atoms with Crippen molar-refractivity contribution in [2.24, 2.45) is 0 Å². The molecule has 0 fully saturated rings. The third-order valence-corrected chi connectivity index (χ3v) is 5.67. The fraction of sp³-hybridized carbons (Fsp3) is 0.227. The summed E-state index contributed by atoms with van der Waals surface area (Å²) in [6, 6.07) is 12.5. The third-order valence-electron chi connectivity index (χ3n) is 4.64. The standard InChI is InChI=1S/C22H20N2O5S/c1-3-13-7-15-9-18-19(29-12-28-18)10-17(15)24-21(13)30-11-20(25)23-16-6-4-5-14(8-16)22(26)27-2/h4-10H,3,11-12H2,1-2H3,(H,23,25). The number of nitrogens with one attached hydrogen (secondary N) is 1. The van der Waals surface area contributed by atoms with Crippen molar-refractivity contribution in [2.75, 3.05) is 25.0 Å². The number of nitrogens with zero attached hydrogens (tertiary/aromatic N) is 1. The fourth-order valence-corrected chi connectivity index (χ4v) is 4.03. The Morgan fingerprint density at radius 2 is 1.97 bits per heavy atom. The molecular formula is C22H20N2O5S. The molecule has 0 saturated carbocycles. The number of rotatable bonds is 6. The summed E-state index contributed by atoms with van der Waals surface area (Å²) in [5, 5.41) is 4.59. The summed E-state index contributed by atoms with van der Waals surface area (Å²) < 4.78 is 15.6. The molecule has 7 nitrogen and oxygen atoms in total. The van der Waals surface area contributed by atoms with Crippen molar-refractivity contribution < 1.29 is 23.8 Å². The molecule has 0 radical (unpaired) electrons. The topological polar surface area (TPSA) is 86.8 Å². The van der Waals surface area contributed by atoms with Gasteiger partial charge in [-0.1, -0.05) is 24.8 Å². The molecule has 1 aliphatic heterocycles. The van der Waals surface area contributed by atoms with E-state index < -0.39 is 5.97 Å². The van der Waals surface area contributed by atoms with Crippen molar-refractivity contribution in [1.82, 2.24) is 4.98 Å². The molecule has 0 atom stereocenters. The Kier molecular flexibility index (Phi) is 5.76. The van der Waals surface area contributed by atoms with Gasteiger partial charge in [-0.2, -0.15) is 0 Å². The molecular weight excluding hydrogens is 404 g/mol. The molecule has 3 aromatic rings. The largest absolute Gasteiger partial charge is 0.465 e. The normalized spacial score (nSPS) is 12.1.